The molecule has 10 nitrogen and oxygen atoms in total. The number of carbonyl (C=O) groups excluding carboxylic acids is 3. The molecule has 28 heavy (non-hydrogen) atoms. The number of hydrogen-bond donors (Lipinski definition) is 2. The van der Waals surface area contributed by atoms with E-state index in [4.69, 9.17) is 0 Å². The zero-order valence-electron chi connectivity index (χ0n) is 15.5. The zero-order valence-corrected chi connectivity index (χ0v) is 15.5. The predicted octanol–water partition coefficient (Wildman–Crippen LogP) is 1.10. The molecule has 1 saturated carbocycles. The third kappa shape index (κ3) is 3.10. The summed E-state index contributed by atoms with van der Waals surface area (Å²) in [5.41, 5.74) is 0.434. The van der Waals surface area contributed by atoms with Crippen LogP contribution in [-0.2, 0) is 9.59 Å². The van der Waals surface area contributed by atoms with Crippen LogP contribution in [0.4, 0.5) is 10.5 Å². The Hall–Kier alpha value is -3.30. The number of nitrogens with zero attached hydrogens (tertiary/aromatic N) is 5. The molecule has 1 aromatic carbocycles. The van der Waals surface area contributed by atoms with Gasteiger partial charge in [0.25, 0.3) is 5.91 Å². The highest BCUT2D eigenvalue weighted by Gasteiger charge is 2.55. The van der Waals surface area contributed by atoms with Gasteiger partial charge in [0.2, 0.25) is 5.91 Å². The predicted molar refractivity (Wildman–Crippen MR) is 98.4 cm³/mol. The van der Waals surface area contributed by atoms with Gasteiger partial charge in [-0.15, -0.1) is 5.10 Å². The maximum absolute atomic E-state index is 12.9. The molecular weight excluding hydrogens is 362 g/mol. The Morgan fingerprint density at radius 1 is 1.29 bits per heavy atom. The number of imide groups is 1. The van der Waals surface area contributed by atoms with Crippen molar-refractivity contribution in [2.24, 2.45) is 5.92 Å². The molecule has 1 aromatic heterocycles. The van der Waals surface area contributed by atoms with Gasteiger partial charge in [-0.25, -0.2) is 9.48 Å². The fourth-order valence-electron chi connectivity index (χ4n) is 3.96. The van der Waals surface area contributed by atoms with Crippen LogP contribution in [0.3, 0.4) is 0 Å². The van der Waals surface area contributed by atoms with Crippen molar-refractivity contribution in [1.29, 1.82) is 0 Å². The van der Waals surface area contributed by atoms with Crippen molar-refractivity contribution < 1.29 is 14.4 Å². The number of anilines is 1. The van der Waals surface area contributed by atoms with Crippen molar-refractivity contribution in [3.8, 4) is 5.69 Å². The van der Waals surface area contributed by atoms with Crippen molar-refractivity contribution in [2.75, 3.05) is 11.9 Å². The van der Waals surface area contributed by atoms with Gasteiger partial charge in [-0.3, -0.25) is 14.5 Å². The molecule has 2 aromatic rings. The Balaban J connectivity index is 1.41. The lowest BCUT2D eigenvalue weighted by Gasteiger charge is -2.36. The minimum Gasteiger partial charge on any atom is -0.325 e. The lowest BCUT2D eigenvalue weighted by molar-refractivity contribution is -0.136. The Morgan fingerprint density at radius 2 is 2.07 bits per heavy atom. The standard InChI is InChI=1S/C18H21N7O3/c1-12-4-2-3-9-18(12)16(27)24(17(28)21-18)10-15(26)20-13-5-7-14(8-6-13)25-11-19-22-23-25/h5-8,11-12H,2-4,9-10H2,1H3,(H,20,26)(H,21,28). The van der Waals surface area contributed by atoms with E-state index in [9.17, 15) is 14.4 Å². The average molecular weight is 383 g/mol. The minimum atomic E-state index is -0.858. The zero-order chi connectivity index (χ0) is 19.7. The highest BCUT2D eigenvalue weighted by atomic mass is 16.2. The number of hydrogen-bond acceptors (Lipinski definition) is 6. The van der Waals surface area contributed by atoms with E-state index < -0.39 is 17.5 Å². The third-order valence-corrected chi connectivity index (χ3v) is 5.57. The Morgan fingerprint density at radius 3 is 2.75 bits per heavy atom. The Bertz CT molecular complexity index is 896. The van der Waals surface area contributed by atoms with Gasteiger partial charge in [-0.1, -0.05) is 19.8 Å². The highest BCUT2D eigenvalue weighted by Crippen LogP contribution is 2.38. The quantitative estimate of drug-likeness (QED) is 0.763. The molecule has 2 atom stereocenters. The number of nitrogens with one attached hydrogen (secondary N) is 2. The second-order valence-corrected chi connectivity index (χ2v) is 7.29. The summed E-state index contributed by atoms with van der Waals surface area (Å²) >= 11 is 0. The molecule has 2 aliphatic rings. The van der Waals surface area contributed by atoms with Crippen LogP contribution in [0, 0.1) is 5.92 Å². The molecule has 2 N–H and O–H groups in total. The fourth-order valence-corrected chi connectivity index (χ4v) is 3.96. The number of carbonyl (C=O) groups is 3. The summed E-state index contributed by atoms with van der Waals surface area (Å²) < 4.78 is 1.49. The minimum absolute atomic E-state index is 0.0598. The van der Waals surface area contributed by atoms with Crippen molar-refractivity contribution in [1.82, 2.24) is 30.4 Å². The van der Waals surface area contributed by atoms with Crippen LogP contribution in [0.15, 0.2) is 30.6 Å². The smallest absolute Gasteiger partial charge is 0.325 e. The van der Waals surface area contributed by atoms with Gasteiger partial charge in [-0.2, -0.15) is 0 Å². The van der Waals surface area contributed by atoms with E-state index in [-0.39, 0.29) is 18.4 Å². The summed E-state index contributed by atoms with van der Waals surface area (Å²) in [6, 6.07) is 6.40. The van der Waals surface area contributed by atoms with Crippen molar-refractivity contribution >= 4 is 23.5 Å². The molecule has 1 aliphatic heterocycles. The molecule has 4 rings (SSSR count). The first-order chi connectivity index (χ1) is 13.5. The van der Waals surface area contributed by atoms with Gasteiger partial charge >= 0.3 is 6.03 Å². The van der Waals surface area contributed by atoms with Crippen LogP contribution in [0.5, 0.6) is 0 Å². The first kappa shape index (κ1) is 18.1. The molecule has 0 bridgehead atoms. The monoisotopic (exact) mass is 383 g/mol. The van der Waals surface area contributed by atoms with Crippen LogP contribution in [0.25, 0.3) is 5.69 Å². The molecular formula is C18H21N7O3. The molecule has 1 spiro atoms. The van der Waals surface area contributed by atoms with Gasteiger partial charge in [0, 0.05) is 5.69 Å². The van der Waals surface area contributed by atoms with Crippen LogP contribution in [0.1, 0.15) is 32.6 Å². The molecule has 0 radical (unpaired) electrons. The number of amides is 4. The van der Waals surface area contributed by atoms with Crippen molar-refractivity contribution in [3.63, 3.8) is 0 Å². The highest BCUT2D eigenvalue weighted by molar-refractivity contribution is 6.10. The number of aromatic nitrogens is 4. The summed E-state index contributed by atoms with van der Waals surface area (Å²) in [6.07, 6.45) is 4.92. The van der Waals surface area contributed by atoms with E-state index in [1.54, 1.807) is 24.3 Å². The van der Waals surface area contributed by atoms with Crippen LogP contribution < -0.4 is 10.6 Å². The molecule has 146 valence electrons. The largest absolute Gasteiger partial charge is 0.325 e. The van der Waals surface area contributed by atoms with E-state index >= 15 is 0 Å². The summed E-state index contributed by atoms with van der Waals surface area (Å²) in [7, 11) is 0. The lowest BCUT2D eigenvalue weighted by Crippen LogP contribution is -2.54. The summed E-state index contributed by atoms with van der Waals surface area (Å²) in [4.78, 5) is 38.7. The van der Waals surface area contributed by atoms with Crippen LogP contribution in [0.2, 0.25) is 0 Å². The van der Waals surface area contributed by atoms with Gasteiger partial charge in [-0.05, 0) is 53.5 Å². The van der Waals surface area contributed by atoms with Crippen molar-refractivity contribution in [3.05, 3.63) is 30.6 Å². The molecule has 4 amide bonds. The topological polar surface area (TPSA) is 122 Å². The molecule has 2 heterocycles. The van der Waals surface area contributed by atoms with Crippen molar-refractivity contribution in [2.45, 2.75) is 38.1 Å². The molecule has 1 aliphatic carbocycles. The summed E-state index contributed by atoms with van der Waals surface area (Å²) in [5, 5.41) is 16.5. The van der Waals surface area contributed by atoms with E-state index in [1.807, 2.05) is 6.92 Å². The summed E-state index contributed by atoms with van der Waals surface area (Å²) in [5.74, 6) is -0.669. The van der Waals surface area contributed by atoms with E-state index in [2.05, 4.69) is 26.2 Å². The average Bonchev–Trinajstić information content (AvgIpc) is 3.29. The second-order valence-electron chi connectivity index (χ2n) is 7.29. The van der Waals surface area contributed by atoms with E-state index in [0.29, 0.717) is 12.1 Å². The number of benzene rings is 1. The molecule has 2 fully saturated rings. The van der Waals surface area contributed by atoms with Crippen LogP contribution in [-0.4, -0.2) is 55.0 Å². The van der Waals surface area contributed by atoms with Gasteiger partial charge in [0.15, 0.2) is 0 Å². The Labute approximate surface area is 161 Å². The maximum Gasteiger partial charge on any atom is 0.325 e. The van der Waals surface area contributed by atoms with E-state index in [1.165, 1.54) is 11.0 Å². The number of urea groups is 1. The number of tetrazole rings is 1. The van der Waals surface area contributed by atoms with Gasteiger partial charge < -0.3 is 10.6 Å². The first-order valence-corrected chi connectivity index (χ1v) is 9.27. The Kier molecular flexibility index (Phi) is 4.54. The lowest BCUT2D eigenvalue weighted by atomic mass is 9.73. The SMILES string of the molecule is CC1CCCCC12NC(=O)N(CC(=O)Nc1ccc(-n3cnnn3)cc1)C2=O. The van der Waals surface area contributed by atoms with E-state index in [0.717, 1.165) is 29.8 Å². The van der Waals surface area contributed by atoms with Crippen LogP contribution >= 0.6 is 0 Å². The number of rotatable bonds is 4. The summed E-state index contributed by atoms with van der Waals surface area (Å²) in [6.45, 7) is 1.67. The fraction of sp³-hybridized carbons (Fsp3) is 0.444. The second kappa shape index (κ2) is 7.02. The molecule has 10 heteroatoms. The third-order valence-electron chi connectivity index (χ3n) is 5.57. The first-order valence-electron chi connectivity index (χ1n) is 9.27. The molecule has 2 unspecified atom stereocenters. The molecule has 1 saturated heterocycles. The van der Waals surface area contributed by atoms with Gasteiger partial charge in [0.05, 0.1) is 5.69 Å². The van der Waals surface area contributed by atoms with Gasteiger partial charge in [0.1, 0.15) is 18.4 Å². The maximum atomic E-state index is 12.9. The normalized spacial score (nSPS) is 24.5.